The van der Waals surface area contributed by atoms with E-state index in [1.165, 1.54) is 31.2 Å². The Kier molecular flexibility index (Phi) is 4.46. The zero-order chi connectivity index (χ0) is 12.3. The van der Waals surface area contributed by atoms with Gasteiger partial charge in [-0.2, -0.15) is 0 Å². The summed E-state index contributed by atoms with van der Waals surface area (Å²) in [5, 5.41) is 1.91. The highest BCUT2D eigenvalue weighted by molar-refractivity contribution is 7.99. The number of aromatic nitrogens is 1. The SMILES string of the molecule is Cc1cc(CN)cc(SC2CCCC(C)C2)n1. The maximum atomic E-state index is 5.71. The summed E-state index contributed by atoms with van der Waals surface area (Å²) < 4.78 is 0. The average molecular weight is 250 g/mol. The summed E-state index contributed by atoms with van der Waals surface area (Å²) in [4.78, 5) is 4.61. The van der Waals surface area contributed by atoms with Crippen molar-refractivity contribution in [3.63, 3.8) is 0 Å². The highest BCUT2D eigenvalue weighted by Crippen LogP contribution is 2.35. The Labute approximate surface area is 108 Å². The van der Waals surface area contributed by atoms with Gasteiger partial charge in [-0.25, -0.2) is 4.98 Å². The van der Waals surface area contributed by atoms with E-state index < -0.39 is 0 Å². The molecule has 1 aromatic heterocycles. The van der Waals surface area contributed by atoms with Crippen LogP contribution in [0.25, 0.3) is 0 Å². The molecule has 1 aliphatic carbocycles. The molecule has 1 saturated carbocycles. The van der Waals surface area contributed by atoms with E-state index in [0.29, 0.717) is 6.54 Å². The monoisotopic (exact) mass is 250 g/mol. The molecular weight excluding hydrogens is 228 g/mol. The summed E-state index contributed by atoms with van der Waals surface area (Å²) in [6, 6.07) is 4.23. The second-order valence-corrected chi connectivity index (χ2v) is 6.49. The van der Waals surface area contributed by atoms with E-state index in [-0.39, 0.29) is 0 Å². The third-order valence-electron chi connectivity index (χ3n) is 3.40. The van der Waals surface area contributed by atoms with Crippen molar-refractivity contribution in [2.45, 2.75) is 56.4 Å². The predicted molar refractivity (Wildman–Crippen MR) is 74.1 cm³/mol. The lowest BCUT2D eigenvalue weighted by Crippen LogP contribution is -2.15. The summed E-state index contributed by atoms with van der Waals surface area (Å²) in [6.45, 7) is 5.02. The molecule has 94 valence electrons. The molecule has 2 nitrogen and oxygen atoms in total. The molecule has 2 atom stereocenters. The fourth-order valence-electron chi connectivity index (χ4n) is 2.54. The molecule has 0 amide bonds. The third-order valence-corrected chi connectivity index (χ3v) is 4.61. The van der Waals surface area contributed by atoms with Crippen molar-refractivity contribution in [3.05, 3.63) is 23.4 Å². The quantitative estimate of drug-likeness (QED) is 0.892. The molecule has 2 rings (SSSR count). The van der Waals surface area contributed by atoms with Crippen molar-refractivity contribution >= 4 is 11.8 Å². The van der Waals surface area contributed by atoms with Crippen LogP contribution < -0.4 is 5.73 Å². The van der Waals surface area contributed by atoms with Gasteiger partial charge in [0, 0.05) is 17.5 Å². The first-order chi connectivity index (χ1) is 8.17. The van der Waals surface area contributed by atoms with Crippen molar-refractivity contribution in [3.8, 4) is 0 Å². The highest BCUT2D eigenvalue weighted by atomic mass is 32.2. The molecule has 2 unspecified atom stereocenters. The first kappa shape index (κ1) is 12.9. The summed E-state index contributed by atoms with van der Waals surface area (Å²) >= 11 is 1.95. The molecule has 0 bridgehead atoms. The molecule has 1 aliphatic rings. The van der Waals surface area contributed by atoms with E-state index in [4.69, 9.17) is 5.73 Å². The van der Waals surface area contributed by atoms with Gasteiger partial charge < -0.3 is 5.73 Å². The van der Waals surface area contributed by atoms with Gasteiger partial charge >= 0.3 is 0 Å². The molecule has 1 fully saturated rings. The molecule has 17 heavy (non-hydrogen) atoms. The molecule has 0 radical (unpaired) electrons. The summed E-state index contributed by atoms with van der Waals surface area (Å²) in [6.07, 6.45) is 5.43. The van der Waals surface area contributed by atoms with Gasteiger partial charge in [-0.15, -0.1) is 11.8 Å². The number of nitrogens with zero attached hydrogens (tertiary/aromatic N) is 1. The maximum absolute atomic E-state index is 5.71. The summed E-state index contributed by atoms with van der Waals surface area (Å²) in [5.41, 5.74) is 7.99. The topological polar surface area (TPSA) is 38.9 Å². The Morgan fingerprint density at radius 3 is 2.94 bits per heavy atom. The Hall–Kier alpha value is -0.540. The molecule has 2 N–H and O–H groups in total. The van der Waals surface area contributed by atoms with E-state index in [9.17, 15) is 0 Å². The van der Waals surface area contributed by atoms with Gasteiger partial charge in [-0.1, -0.05) is 19.8 Å². The number of thioether (sulfide) groups is 1. The van der Waals surface area contributed by atoms with Crippen LogP contribution in [0.2, 0.25) is 0 Å². The maximum Gasteiger partial charge on any atom is 0.0968 e. The van der Waals surface area contributed by atoms with Gasteiger partial charge in [0.2, 0.25) is 0 Å². The Morgan fingerprint density at radius 2 is 2.24 bits per heavy atom. The highest BCUT2D eigenvalue weighted by Gasteiger charge is 2.20. The minimum Gasteiger partial charge on any atom is -0.326 e. The molecule has 1 aromatic rings. The smallest absolute Gasteiger partial charge is 0.0968 e. The van der Waals surface area contributed by atoms with Gasteiger partial charge in [0.1, 0.15) is 0 Å². The van der Waals surface area contributed by atoms with E-state index in [0.717, 1.165) is 21.9 Å². The van der Waals surface area contributed by atoms with Crippen LogP contribution >= 0.6 is 11.8 Å². The average Bonchev–Trinajstić information content (AvgIpc) is 2.28. The number of aryl methyl sites for hydroxylation is 1. The lowest BCUT2D eigenvalue weighted by Gasteiger charge is -2.25. The Morgan fingerprint density at radius 1 is 1.41 bits per heavy atom. The van der Waals surface area contributed by atoms with Crippen LogP contribution in [0.1, 0.15) is 43.9 Å². The molecule has 1 heterocycles. The van der Waals surface area contributed by atoms with Crippen molar-refractivity contribution < 1.29 is 0 Å². The first-order valence-electron chi connectivity index (χ1n) is 6.51. The van der Waals surface area contributed by atoms with Crippen LogP contribution in [-0.4, -0.2) is 10.2 Å². The van der Waals surface area contributed by atoms with Gasteiger partial charge in [-0.05, 0) is 43.4 Å². The van der Waals surface area contributed by atoms with Crippen molar-refractivity contribution in [2.75, 3.05) is 0 Å². The van der Waals surface area contributed by atoms with E-state index >= 15 is 0 Å². The lowest BCUT2D eigenvalue weighted by atomic mass is 9.91. The zero-order valence-electron chi connectivity index (χ0n) is 10.8. The number of hydrogen-bond acceptors (Lipinski definition) is 3. The number of rotatable bonds is 3. The molecule has 0 aromatic carbocycles. The van der Waals surface area contributed by atoms with Crippen LogP contribution in [0.15, 0.2) is 17.2 Å². The molecule has 0 saturated heterocycles. The van der Waals surface area contributed by atoms with Crippen molar-refractivity contribution in [2.24, 2.45) is 11.7 Å². The minimum absolute atomic E-state index is 0.609. The van der Waals surface area contributed by atoms with Crippen LogP contribution in [-0.2, 0) is 6.54 Å². The summed E-state index contributed by atoms with van der Waals surface area (Å²) in [7, 11) is 0. The Bertz CT molecular complexity index is 378. The molecular formula is C14H22N2S. The van der Waals surface area contributed by atoms with Crippen molar-refractivity contribution in [1.82, 2.24) is 4.98 Å². The first-order valence-corrected chi connectivity index (χ1v) is 7.39. The zero-order valence-corrected chi connectivity index (χ0v) is 11.6. The minimum atomic E-state index is 0.609. The number of hydrogen-bond donors (Lipinski definition) is 1. The number of pyridine rings is 1. The van der Waals surface area contributed by atoms with Gasteiger partial charge in [-0.3, -0.25) is 0 Å². The van der Waals surface area contributed by atoms with Gasteiger partial charge in [0.15, 0.2) is 0 Å². The summed E-state index contributed by atoms with van der Waals surface area (Å²) in [5.74, 6) is 0.875. The van der Waals surface area contributed by atoms with Crippen LogP contribution in [0, 0.1) is 12.8 Å². The third kappa shape index (κ3) is 3.71. The largest absolute Gasteiger partial charge is 0.326 e. The second kappa shape index (κ2) is 5.87. The van der Waals surface area contributed by atoms with E-state index in [1.807, 2.05) is 18.7 Å². The lowest BCUT2D eigenvalue weighted by molar-refractivity contribution is 0.394. The van der Waals surface area contributed by atoms with Crippen LogP contribution in [0.5, 0.6) is 0 Å². The van der Waals surface area contributed by atoms with Crippen LogP contribution in [0.4, 0.5) is 0 Å². The molecule has 0 aliphatic heterocycles. The fourth-order valence-corrected chi connectivity index (χ4v) is 4.01. The van der Waals surface area contributed by atoms with Gasteiger partial charge in [0.05, 0.1) is 5.03 Å². The normalized spacial score (nSPS) is 24.9. The van der Waals surface area contributed by atoms with Gasteiger partial charge in [0.25, 0.3) is 0 Å². The molecule has 3 heteroatoms. The second-order valence-electron chi connectivity index (χ2n) is 5.17. The van der Waals surface area contributed by atoms with E-state index in [1.54, 1.807) is 0 Å². The predicted octanol–water partition coefficient (Wildman–Crippen LogP) is 3.52. The van der Waals surface area contributed by atoms with Crippen molar-refractivity contribution in [1.29, 1.82) is 0 Å². The Balaban J connectivity index is 2.04. The standard InChI is InChI=1S/C14H22N2S/c1-10-4-3-5-13(6-10)17-14-8-12(9-15)7-11(2)16-14/h7-8,10,13H,3-6,9,15H2,1-2H3. The number of nitrogens with two attached hydrogens (primary N) is 1. The van der Waals surface area contributed by atoms with Crippen LogP contribution in [0.3, 0.4) is 0 Å². The van der Waals surface area contributed by atoms with E-state index in [2.05, 4.69) is 24.0 Å². The fraction of sp³-hybridized carbons (Fsp3) is 0.643. The molecule has 0 spiro atoms.